The third-order valence-electron chi connectivity index (χ3n) is 3.59. The molecule has 0 spiro atoms. The van der Waals surface area contributed by atoms with Gasteiger partial charge in [-0.3, -0.25) is 0 Å². The zero-order valence-electron chi connectivity index (χ0n) is 11.4. The molecule has 0 bridgehead atoms. The molecule has 114 valence electrons. The molecule has 0 amide bonds. The van der Waals surface area contributed by atoms with E-state index in [-0.39, 0.29) is 11.3 Å². The van der Waals surface area contributed by atoms with Crippen LogP contribution in [-0.2, 0) is 9.84 Å². The smallest absolute Gasteiger partial charge is 0.155 e. The van der Waals surface area contributed by atoms with E-state index in [9.17, 15) is 8.42 Å². The number of halogens is 2. The van der Waals surface area contributed by atoms with Crippen molar-refractivity contribution in [2.24, 2.45) is 0 Å². The van der Waals surface area contributed by atoms with Crippen molar-refractivity contribution in [2.45, 2.75) is 43.9 Å². The molecule has 2 heterocycles. The molecule has 2 rings (SSSR count). The summed E-state index contributed by atoms with van der Waals surface area (Å²) < 4.78 is 26.3. The van der Waals surface area contributed by atoms with Crippen LogP contribution >= 0.6 is 38.9 Å². The predicted molar refractivity (Wildman–Crippen MR) is 89.5 cm³/mol. The third kappa shape index (κ3) is 3.77. The van der Waals surface area contributed by atoms with Crippen molar-refractivity contribution in [3.63, 3.8) is 0 Å². The van der Waals surface area contributed by atoms with Crippen molar-refractivity contribution >= 4 is 48.7 Å². The van der Waals surface area contributed by atoms with E-state index >= 15 is 0 Å². The number of nitrogens with one attached hydrogen (secondary N) is 1. The molecule has 3 nitrogen and oxygen atoms in total. The van der Waals surface area contributed by atoms with Crippen LogP contribution in [0.2, 0.25) is 4.34 Å². The lowest BCUT2D eigenvalue weighted by atomic mass is 10.1. The summed E-state index contributed by atoms with van der Waals surface area (Å²) in [5.74, 6) is 0.308. The zero-order chi connectivity index (χ0) is 14.8. The molecule has 20 heavy (non-hydrogen) atoms. The van der Waals surface area contributed by atoms with E-state index < -0.39 is 9.84 Å². The zero-order valence-corrected chi connectivity index (χ0v) is 15.3. The minimum absolute atomic E-state index is 0.144. The lowest BCUT2D eigenvalue weighted by molar-refractivity contribution is 0.451. The number of thiophene rings is 1. The van der Waals surface area contributed by atoms with Gasteiger partial charge >= 0.3 is 0 Å². The van der Waals surface area contributed by atoms with Gasteiger partial charge in [-0.2, -0.15) is 0 Å². The molecule has 0 aromatic carbocycles. The fraction of sp³-hybridized carbons (Fsp3) is 0.692. The van der Waals surface area contributed by atoms with Crippen LogP contribution in [-0.4, -0.2) is 26.0 Å². The van der Waals surface area contributed by atoms with Gasteiger partial charge in [-0.05, 0) is 47.8 Å². The summed E-state index contributed by atoms with van der Waals surface area (Å²) >= 11 is 11.0. The van der Waals surface area contributed by atoms with E-state index in [1.807, 2.05) is 6.07 Å². The molecule has 1 aromatic heterocycles. The molecule has 1 aliphatic heterocycles. The molecule has 7 heteroatoms. The second kappa shape index (κ2) is 7.09. The van der Waals surface area contributed by atoms with E-state index in [0.717, 1.165) is 41.6 Å². The SMILES string of the molecule is CCCNC(c1cc(Br)c(Cl)s1)C1CCCCS1(=O)=O. The minimum Gasteiger partial charge on any atom is -0.308 e. The first-order valence-corrected chi connectivity index (χ1v) is 10.6. The summed E-state index contributed by atoms with van der Waals surface area (Å²) in [5.41, 5.74) is 0. The van der Waals surface area contributed by atoms with Crippen molar-refractivity contribution in [3.05, 3.63) is 19.8 Å². The van der Waals surface area contributed by atoms with Crippen molar-refractivity contribution in [2.75, 3.05) is 12.3 Å². The van der Waals surface area contributed by atoms with Gasteiger partial charge in [0.25, 0.3) is 0 Å². The van der Waals surface area contributed by atoms with Crippen LogP contribution < -0.4 is 5.32 Å². The van der Waals surface area contributed by atoms with Gasteiger partial charge in [0.15, 0.2) is 9.84 Å². The van der Waals surface area contributed by atoms with Crippen LogP contribution in [0.15, 0.2) is 10.5 Å². The molecular weight excluding hydrogens is 382 g/mol. The number of rotatable bonds is 5. The highest BCUT2D eigenvalue weighted by Crippen LogP contribution is 2.39. The van der Waals surface area contributed by atoms with Crippen molar-refractivity contribution in [3.8, 4) is 0 Å². The maximum Gasteiger partial charge on any atom is 0.155 e. The van der Waals surface area contributed by atoms with E-state index in [1.165, 1.54) is 11.3 Å². The summed E-state index contributed by atoms with van der Waals surface area (Å²) in [6.45, 7) is 2.89. The van der Waals surface area contributed by atoms with Gasteiger partial charge in [0.1, 0.15) is 4.34 Å². The number of hydrogen-bond donors (Lipinski definition) is 1. The van der Waals surface area contributed by atoms with Crippen LogP contribution in [0, 0.1) is 0 Å². The van der Waals surface area contributed by atoms with Crippen LogP contribution in [0.25, 0.3) is 0 Å². The van der Waals surface area contributed by atoms with Crippen molar-refractivity contribution in [1.29, 1.82) is 0 Å². The van der Waals surface area contributed by atoms with Crippen LogP contribution in [0.5, 0.6) is 0 Å². The Morgan fingerprint density at radius 1 is 1.55 bits per heavy atom. The first-order valence-electron chi connectivity index (χ1n) is 6.85. The third-order valence-corrected chi connectivity index (χ3v) is 8.43. The van der Waals surface area contributed by atoms with E-state index in [2.05, 4.69) is 28.2 Å². The summed E-state index contributed by atoms with van der Waals surface area (Å²) in [5, 5.41) is 3.07. The molecule has 0 radical (unpaired) electrons. The Labute approximate surface area is 138 Å². The second-order valence-corrected chi connectivity index (χ2v) is 9.98. The average molecular weight is 401 g/mol. The van der Waals surface area contributed by atoms with Gasteiger partial charge in [0.2, 0.25) is 0 Å². The van der Waals surface area contributed by atoms with Crippen molar-refractivity contribution in [1.82, 2.24) is 5.32 Å². The van der Waals surface area contributed by atoms with Crippen LogP contribution in [0.3, 0.4) is 0 Å². The van der Waals surface area contributed by atoms with Gasteiger partial charge in [0, 0.05) is 9.35 Å². The van der Waals surface area contributed by atoms with E-state index in [0.29, 0.717) is 10.1 Å². The molecule has 1 aromatic rings. The Morgan fingerprint density at radius 3 is 2.85 bits per heavy atom. The Morgan fingerprint density at radius 2 is 2.30 bits per heavy atom. The Hall–Kier alpha value is 0.380. The monoisotopic (exact) mass is 399 g/mol. The largest absolute Gasteiger partial charge is 0.308 e. The fourth-order valence-electron chi connectivity index (χ4n) is 2.59. The quantitative estimate of drug-likeness (QED) is 0.806. The maximum absolute atomic E-state index is 12.4. The normalized spacial score (nSPS) is 23.6. The molecule has 1 aliphatic rings. The molecular formula is C13H19BrClNO2S2. The Kier molecular flexibility index (Phi) is 5.94. The summed E-state index contributed by atoms with van der Waals surface area (Å²) in [6.07, 6.45) is 3.48. The van der Waals surface area contributed by atoms with Gasteiger partial charge in [-0.1, -0.05) is 24.9 Å². The number of hydrogen-bond acceptors (Lipinski definition) is 4. The van der Waals surface area contributed by atoms with Gasteiger partial charge in [0.05, 0.1) is 17.0 Å². The van der Waals surface area contributed by atoms with Gasteiger partial charge in [-0.15, -0.1) is 11.3 Å². The molecule has 2 unspecified atom stereocenters. The molecule has 0 aliphatic carbocycles. The lowest BCUT2D eigenvalue weighted by Crippen LogP contribution is -2.40. The molecule has 2 atom stereocenters. The van der Waals surface area contributed by atoms with Crippen LogP contribution in [0.4, 0.5) is 0 Å². The van der Waals surface area contributed by atoms with Crippen LogP contribution in [0.1, 0.15) is 43.5 Å². The summed E-state index contributed by atoms with van der Waals surface area (Å²) in [4.78, 5) is 1.01. The van der Waals surface area contributed by atoms with Gasteiger partial charge < -0.3 is 5.32 Å². The standard InChI is InChI=1S/C13H19BrClNO2S2/c1-2-6-16-12(10-8-9(14)13(15)19-10)11-5-3-4-7-20(11,17)18/h8,11-12,16H,2-7H2,1H3. The van der Waals surface area contributed by atoms with Crippen molar-refractivity contribution < 1.29 is 8.42 Å². The minimum atomic E-state index is -3.02. The molecule has 1 saturated heterocycles. The van der Waals surface area contributed by atoms with E-state index in [4.69, 9.17) is 11.6 Å². The highest BCUT2D eigenvalue weighted by Gasteiger charge is 2.37. The van der Waals surface area contributed by atoms with Gasteiger partial charge in [-0.25, -0.2) is 8.42 Å². The first kappa shape index (κ1) is 16.7. The number of sulfone groups is 1. The lowest BCUT2D eigenvalue weighted by Gasteiger charge is -2.30. The summed E-state index contributed by atoms with van der Waals surface area (Å²) in [6, 6.07) is 1.80. The summed E-state index contributed by atoms with van der Waals surface area (Å²) in [7, 11) is -3.02. The molecule has 1 fully saturated rings. The highest BCUT2D eigenvalue weighted by molar-refractivity contribution is 9.10. The Bertz CT molecular complexity index is 539. The Balaban J connectivity index is 2.31. The molecule has 0 saturated carbocycles. The molecule has 1 N–H and O–H groups in total. The highest BCUT2D eigenvalue weighted by atomic mass is 79.9. The average Bonchev–Trinajstić information content (AvgIpc) is 2.71. The van der Waals surface area contributed by atoms with E-state index in [1.54, 1.807) is 0 Å². The topological polar surface area (TPSA) is 46.2 Å². The predicted octanol–water partition coefficient (Wildman–Crippen LogP) is 4.17. The maximum atomic E-state index is 12.4. The first-order chi connectivity index (χ1) is 9.45. The fourth-order valence-corrected chi connectivity index (χ4v) is 6.64. The second-order valence-electron chi connectivity index (χ2n) is 5.10.